The fraction of sp³-hybridized carbons (Fsp3) is 0.390. The van der Waals surface area contributed by atoms with Crippen molar-refractivity contribution in [3.8, 4) is 11.5 Å². The number of anilines is 1. The molecule has 0 saturated heterocycles. The van der Waals surface area contributed by atoms with Crippen molar-refractivity contribution in [3.05, 3.63) is 129 Å². The van der Waals surface area contributed by atoms with Crippen molar-refractivity contribution >= 4 is 17.4 Å². The lowest BCUT2D eigenvalue weighted by Gasteiger charge is -2.30. The Balaban J connectivity index is 1.41. The molecule has 0 spiro atoms. The predicted molar refractivity (Wildman–Crippen MR) is 198 cm³/mol. The van der Waals surface area contributed by atoms with Gasteiger partial charge in [-0.05, 0) is 83.5 Å². The molecule has 0 fully saturated rings. The van der Waals surface area contributed by atoms with E-state index in [4.69, 9.17) is 9.47 Å². The molecule has 8 heteroatoms. The van der Waals surface area contributed by atoms with Crippen LogP contribution in [0.3, 0.4) is 0 Å². The van der Waals surface area contributed by atoms with Crippen LogP contribution in [-0.4, -0.2) is 29.0 Å². The van der Waals surface area contributed by atoms with Crippen molar-refractivity contribution < 1.29 is 19.2 Å². The van der Waals surface area contributed by atoms with Gasteiger partial charge in [0.2, 0.25) is 0 Å². The summed E-state index contributed by atoms with van der Waals surface area (Å²) in [5.41, 5.74) is 5.14. The maximum absolute atomic E-state index is 13.5. The van der Waals surface area contributed by atoms with Crippen molar-refractivity contribution in [2.75, 3.05) is 18.5 Å². The summed E-state index contributed by atoms with van der Waals surface area (Å²) in [7, 11) is 0. The standard InChI is InChI=1S/C41H51N3O5/c1-7-40(3,4)33-18-25-38(37(28-33)41(5,6)8-2)48-27-13-12-26-43(39(45)42-34-19-21-35(22-20-34)44(46)47)29-31-16-23-36(24-17-31)49-30-32-14-10-9-11-15-32/h9-11,14-25,28H,7-8,12-13,26-27,29-30H2,1-6H3,(H,42,45). The molecule has 0 aliphatic heterocycles. The van der Waals surface area contributed by atoms with Gasteiger partial charge in [-0.2, -0.15) is 0 Å². The number of amides is 2. The van der Waals surface area contributed by atoms with E-state index in [0.29, 0.717) is 32.0 Å². The average molecular weight is 666 g/mol. The summed E-state index contributed by atoms with van der Waals surface area (Å²) < 4.78 is 12.3. The molecule has 0 aliphatic carbocycles. The Bertz CT molecular complexity index is 1650. The summed E-state index contributed by atoms with van der Waals surface area (Å²) in [6, 6.07) is 30.0. The Morgan fingerprint density at radius 3 is 2.10 bits per heavy atom. The van der Waals surface area contributed by atoms with Crippen LogP contribution in [0.1, 0.15) is 89.5 Å². The fourth-order valence-corrected chi connectivity index (χ4v) is 5.36. The Labute approximate surface area is 291 Å². The van der Waals surface area contributed by atoms with Crippen LogP contribution in [0.15, 0.2) is 97.1 Å². The highest BCUT2D eigenvalue weighted by atomic mass is 16.6. The highest BCUT2D eigenvalue weighted by molar-refractivity contribution is 5.89. The number of benzene rings is 4. The van der Waals surface area contributed by atoms with E-state index in [1.54, 1.807) is 17.0 Å². The molecule has 260 valence electrons. The van der Waals surface area contributed by atoms with Gasteiger partial charge >= 0.3 is 6.03 Å². The van der Waals surface area contributed by atoms with E-state index < -0.39 is 4.92 Å². The topological polar surface area (TPSA) is 93.9 Å². The van der Waals surface area contributed by atoms with Crippen molar-refractivity contribution in [2.24, 2.45) is 0 Å². The highest BCUT2D eigenvalue weighted by Crippen LogP contribution is 2.38. The van der Waals surface area contributed by atoms with Gasteiger partial charge in [0, 0.05) is 36.5 Å². The zero-order valence-electron chi connectivity index (χ0n) is 29.8. The molecule has 1 N–H and O–H groups in total. The van der Waals surface area contributed by atoms with Crippen LogP contribution in [0.2, 0.25) is 0 Å². The third-order valence-electron chi connectivity index (χ3n) is 9.50. The maximum Gasteiger partial charge on any atom is 0.322 e. The quantitative estimate of drug-likeness (QED) is 0.0688. The second-order valence-electron chi connectivity index (χ2n) is 13.8. The molecule has 4 rings (SSSR count). The van der Waals surface area contributed by atoms with E-state index in [-0.39, 0.29) is 22.5 Å². The van der Waals surface area contributed by atoms with Crippen LogP contribution in [-0.2, 0) is 24.0 Å². The zero-order valence-corrected chi connectivity index (χ0v) is 29.8. The number of nitro groups is 1. The molecular formula is C41H51N3O5. The Kier molecular flexibility index (Phi) is 12.8. The number of nitrogens with one attached hydrogen (secondary N) is 1. The minimum Gasteiger partial charge on any atom is -0.493 e. The lowest BCUT2D eigenvalue weighted by atomic mass is 9.76. The summed E-state index contributed by atoms with van der Waals surface area (Å²) in [6.45, 7) is 15.4. The zero-order chi connectivity index (χ0) is 35.4. The van der Waals surface area contributed by atoms with Gasteiger partial charge < -0.3 is 19.7 Å². The lowest BCUT2D eigenvalue weighted by Crippen LogP contribution is -2.35. The molecule has 8 nitrogen and oxygen atoms in total. The van der Waals surface area contributed by atoms with E-state index in [1.807, 2.05) is 54.6 Å². The Hall–Kier alpha value is -4.85. The van der Waals surface area contributed by atoms with Crippen LogP contribution in [0.5, 0.6) is 11.5 Å². The second-order valence-corrected chi connectivity index (χ2v) is 13.8. The predicted octanol–water partition coefficient (Wildman–Crippen LogP) is 10.4. The average Bonchev–Trinajstić information content (AvgIpc) is 3.11. The van der Waals surface area contributed by atoms with Crippen molar-refractivity contribution in [1.29, 1.82) is 0 Å². The number of non-ortho nitro benzene ring substituents is 1. The molecule has 2 amide bonds. The van der Waals surface area contributed by atoms with E-state index in [2.05, 4.69) is 65.1 Å². The number of urea groups is 1. The van der Waals surface area contributed by atoms with Crippen LogP contribution >= 0.6 is 0 Å². The number of ether oxygens (including phenoxy) is 2. The molecule has 4 aromatic carbocycles. The molecule has 0 radical (unpaired) electrons. The molecule has 0 bridgehead atoms. The minimum absolute atomic E-state index is 0.0238. The Morgan fingerprint density at radius 2 is 1.47 bits per heavy atom. The SMILES string of the molecule is CCC(C)(C)c1ccc(OCCCCN(Cc2ccc(OCc3ccccc3)cc2)C(=O)Nc2ccc([N+](=O)[O-])cc2)c(C(C)(C)CC)c1. The summed E-state index contributed by atoms with van der Waals surface area (Å²) in [5, 5.41) is 14.0. The van der Waals surface area contributed by atoms with Gasteiger partial charge in [-0.15, -0.1) is 0 Å². The van der Waals surface area contributed by atoms with E-state index in [9.17, 15) is 14.9 Å². The molecular weight excluding hydrogens is 614 g/mol. The van der Waals surface area contributed by atoms with Gasteiger partial charge in [0.25, 0.3) is 5.69 Å². The maximum atomic E-state index is 13.5. The van der Waals surface area contributed by atoms with Gasteiger partial charge in [0.15, 0.2) is 0 Å². The number of hydrogen-bond acceptors (Lipinski definition) is 5. The molecule has 0 aliphatic rings. The van der Waals surface area contributed by atoms with E-state index >= 15 is 0 Å². The summed E-state index contributed by atoms with van der Waals surface area (Å²) in [5.74, 6) is 1.67. The summed E-state index contributed by atoms with van der Waals surface area (Å²) >= 11 is 0. The molecule has 49 heavy (non-hydrogen) atoms. The lowest BCUT2D eigenvalue weighted by molar-refractivity contribution is -0.384. The number of carbonyl (C=O) groups excluding carboxylic acids is 1. The second kappa shape index (κ2) is 17.0. The van der Waals surface area contributed by atoms with Gasteiger partial charge in [0.05, 0.1) is 11.5 Å². The smallest absolute Gasteiger partial charge is 0.322 e. The molecule has 4 aromatic rings. The van der Waals surface area contributed by atoms with Gasteiger partial charge in [0.1, 0.15) is 18.1 Å². The van der Waals surface area contributed by atoms with Gasteiger partial charge in [-0.3, -0.25) is 10.1 Å². The van der Waals surface area contributed by atoms with Crippen LogP contribution in [0, 0.1) is 10.1 Å². The van der Waals surface area contributed by atoms with Crippen molar-refractivity contribution in [3.63, 3.8) is 0 Å². The third-order valence-corrected chi connectivity index (χ3v) is 9.50. The number of carbonyl (C=O) groups is 1. The first-order chi connectivity index (χ1) is 23.4. The first kappa shape index (κ1) is 37.0. The van der Waals surface area contributed by atoms with Gasteiger partial charge in [-0.25, -0.2) is 4.79 Å². The third kappa shape index (κ3) is 10.6. The first-order valence-corrected chi connectivity index (χ1v) is 17.3. The fourth-order valence-electron chi connectivity index (χ4n) is 5.36. The minimum atomic E-state index is -0.459. The summed E-state index contributed by atoms with van der Waals surface area (Å²) in [6.07, 6.45) is 3.55. The van der Waals surface area contributed by atoms with Crippen LogP contribution < -0.4 is 14.8 Å². The number of unbranched alkanes of at least 4 members (excludes halogenated alkanes) is 1. The van der Waals surface area contributed by atoms with Crippen LogP contribution in [0.4, 0.5) is 16.2 Å². The molecule has 0 heterocycles. The van der Waals surface area contributed by atoms with Crippen molar-refractivity contribution in [2.45, 2.75) is 91.2 Å². The van der Waals surface area contributed by atoms with Gasteiger partial charge in [-0.1, -0.05) is 96.1 Å². The number of rotatable bonds is 17. The van der Waals surface area contributed by atoms with Crippen molar-refractivity contribution in [1.82, 2.24) is 4.90 Å². The van der Waals surface area contributed by atoms with Crippen LogP contribution in [0.25, 0.3) is 0 Å². The highest BCUT2D eigenvalue weighted by Gasteiger charge is 2.26. The normalized spacial score (nSPS) is 11.6. The summed E-state index contributed by atoms with van der Waals surface area (Å²) in [4.78, 5) is 25.9. The molecule has 0 unspecified atom stereocenters. The van der Waals surface area contributed by atoms with E-state index in [0.717, 1.165) is 48.3 Å². The number of hydrogen-bond donors (Lipinski definition) is 1. The first-order valence-electron chi connectivity index (χ1n) is 17.3. The molecule has 0 aromatic heterocycles. The number of nitro benzene ring substituents is 1. The molecule has 0 atom stereocenters. The largest absolute Gasteiger partial charge is 0.493 e. The Morgan fingerprint density at radius 1 is 0.796 bits per heavy atom. The number of nitrogens with zero attached hydrogens (tertiary/aromatic N) is 2. The monoisotopic (exact) mass is 665 g/mol. The van der Waals surface area contributed by atoms with E-state index in [1.165, 1.54) is 23.3 Å². The molecule has 0 saturated carbocycles.